The number of ether oxygens (including phenoxy) is 3. The highest BCUT2D eigenvalue weighted by Gasteiger charge is 2.46. The standard InChI is InChI=1S/C12H22O11/c13-1-3-5(14)8(17)10(19)12(23-3)21-2-4-6(15)7(16)9(18)11(20)22-4/h3-20H,1-2H2/t3-,4-,5+,6+,7?,8?,9-,10-,11-,12-/m1/s1. The van der Waals surface area contributed by atoms with Crippen LogP contribution in [0.25, 0.3) is 0 Å². The molecule has 11 nitrogen and oxygen atoms in total. The van der Waals surface area contributed by atoms with Crippen LogP contribution in [-0.2, 0) is 14.2 Å². The third kappa shape index (κ3) is 3.81. The van der Waals surface area contributed by atoms with E-state index in [4.69, 9.17) is 19.3 Å². The van der Waals surface area contributed by atoms with Gasteiger partial charge in [-0.1, -0.05) is 0 Å². The third-order valence-corrected chi connectivity index (χ3v) is 3.96. The summed E-state index contributed by atoms with van der Waals surface area (Å²) in [5.41, 5.74) is 0. The fraction of sp³-hybridized carbons (Fsp3) is 1.00. The Morgan fingerprint density at radius 1 is 0.652 bits per heavy atom. The molecule has 0 bridgehead atoms. The number of rotatable bonds is 4. The molecule has 2 aliphatic rings. The first kappa shape index (κ1) is 18.9. The normalized spacial score (nSPS) is 51.7. The summed E-state index contributed by atoms with van der Waals surface area (Å²) in [6.45, 7) is -1.10. The molecule has 0 saturated carbocycles. The van der Waals surface area contributed by atoms with Crippen molar-refractivity contribution in [3.05, 3.63) is 0 Å². The summed E-state index contributed by atoms with van der Waals surface area (Å²) in [5.74, 6) is 0. The van der Waals surface area contributed by atoms with Gasteiger partial charge in [-0.3, -0.25) is 0 Å². The summed E-state index contributed by atoms with van der Waals surface area (Å²) in [6, 6.07) is 0. The van der Waals surface area contributed by atoms with Gasteiger partial charge in [0, 0.05) is 0 Å². The van der Waals surface area contributed by atoms with E-state index in [1.54, 1.807) is 0 Å². The first-order chi connectivity index (χ1) is 10.8. The maximum Gasteiger partial charge on any atom is 0.186 e. The number of hydrogen-bond acceptors (Lipinski definition) is 11. The third-order valence-electron chi connectivity index (χ3n) is 3.96. The van der Waals surface area contributed by atoms with Crippen molar-refractivity contribution >= 4 is 0 Å². The second-order valence-electron chi connectivity index (χ2n) is 5.57. The van der Waals surface area contributed by atoms with Crippen molar-refractivity contribution < 1.29 is 55.1 Å². The minimum absolute atomic E-state index is 0.468. The van der Waals surface area contributed by atoms with Crippen LogP contribution in [0.2, 0.25) is 0 Å². The Morgan fingerprint density at radius 3 is 1.83 bits per heavy atom. The van der Waals surface area contributed by atoms with Gasteiger partial charge in [0.2, 0.25) is 0 Å². The van der Waals surface area contributed by atoms with Crippen LogP contribution in [0.3, 0.4) is 0 Å². The molecule has 2 rings (SSSR count). The predicted molar refractivity (Wildman–Crippen MR) is 68.6 cm³/mol. The molecule has 0 aromatic heterocycles. The average molecular weight is 342 g/mol. The number of hydrogen-bond donors (Lipinski definition) is 8. The Bertz CT molecular complexity index is 380. The average Bonchev–Trinajstić information content (AvgIpc) is 2.54. The first-order valence-corrected chi connectivity index (χ1v) is 7.07. The van der Waals surface area contributed by atoms with E-state index in [9.17, 15) is 35.7 Å². The lowest BCUT2D eigenvalue weighted by Gasteiger charge is -2.41. The molecule has 2 saturated heterocycles. The molecular formula is C12H22O11. The van der Waals surface area contributed by atoms with Crippen molar-refractivity contribution in [2.75, 3.05) is 13.2 Å². The zero-order valence-electron chi connectivity index (χ0n) is 12.0. The van der Waals surface area contributed by atoms with Crippen molar-refractivity contribution in [1.29, 1.82) is 0 Å². The van der Waals surface area contributed by atoms with Gasteiger partial charge < -0.3 is 55.1 Å². The van der Waals surface area contributed by atoms with Gasteiger partial charge in [0.25, 0.3) is 0 Å². The second-order valence-corrected chi connectivity index (χ2v) is 5.57. The Kier molecular flexibility index (Phi) is 6.27. The van der Waals surface area contributed by atoms with Gasteiger partial charge >= 0.3 is 0 Å². The van der Waals surface area contributed by atoms with E-state index in [1.807, 2.05) is 0 Å². The van der Waals surface area contributed by atoms with E-state index in [2.05, 4.69) is 0 Å². The van der Waals surface area contributed by atoms with Crippen molar-refractivity contribution in [1.82, 2.24) is 0 Å². The SMILES string of the molecule is OC[C@H]1O[C@@H](OC[C@H]2O[C@@H](O)[C@H](O)C(O)[C@H]2O)[C@H](O)C(O)[C@H]1O. The maximum absolute atomic E-state index is 9.78. The molecule has 8 N–H and O–H groups in total. The second kappa shape index (κ2) is 7.63. The molecule has 0 amide bonds. The fourth-order valence-corrected chi connectivity index (χ4v) is 2.46. The van der Waals surface area contributed by atoms with Gasteiger partial charge in [0.05, 0.1) is 13.2 Å². The predicted octanol–water partition coefficient (Wildman–Crippen LogP) is -5.40. The Labute approximate surface area is 130 Å². The summed E-state index contributed by atoms with van der Waals surface area (Å²) in [4.78, 5) is 0. The molecule has 2 unspecified atom stereocenters. The van der Waals surface area contributed by atoms with Gasteiger partial charge in [-0.2, -0.15) is 0 Å². The quantitative estimate of drug-likeness (QED) is 0.243. The monoisotopic (exact) mass is 342 g/mol. The minimum Gasteiger partial charge on any atom is -0.394 e. The van der Waals surface area contributed by atoms with Crippen molar-refractivity contribution in [3.8, 4) is 0 Å². The van der Waals surface area contributed by atoms with Gasteiger partial charge in [-0.15, -0.1) is 0 Å². The molecule has 2 fully saturated rings. The van der Waals surface area contributed by atoms with Crippen LogP contribution in [-0.4, -0.2) is 115 Å². The molecule has 2 heterocycles. The highest BCUT2D eigenvalue weighted by molar-refractivity contribution is 4.91. The lowest BCUT2D eigenvalue weighted by Crippen LogP contribution is -2.61. The lowest BCUT2D eigenvalue weighted by molar-refractivity contribution is -0.325. The van der Waals surface area contributed by atoms with Gasteiger partial charge in [-0.25, -0.2) is 0 Å². The summed E-state index contributed by atoms with van der Waals surface area (Å²) in [7, 11) is 0. The minimum atomic E-state index is -1.74. The van der Waals surface area contributed by atoms with E-state index in [0.29, 0.717) is 0 Å². The smallest absolute Gasteiger partial charge is 0.186 e. The summed E-state index contributed by atoms with van der Waals surface area (Å²) >= 11 is 0. The van der Waals surface area contributed by atoms with Crippen LogP contribution in [0.15, 0.2) is 0 Å². The largest absolute Gasteiger partial charge is 0.394 e. The molecule has 136 valence electrons. The van der Waals surface area contributed by atoms with Crippen molar-refractivity contribution in [2.24, 2.45) is 0 Å². The molecule has 0 aromatic carbocycles. The van der Waals surface area contributed by atoms with Crippen LogP contribution >= 0.6 is 0 Å². The van der Waals surface area contributed by atoms with Gasteiger partial charge in [-0.05, 0) is 0 Å². The summed E-state index contributed by atoms with van der Waals surface area (Å²) < 4.78 is 15.1. The maximum atomic E-state index is 9.78. The Morgan fingerprint density at radius 2 is 1.22 bits per heavy atom. The molecule has 0 aliphatic carbocycles. The van der Waals surface area contributed by atoms with E-state index < -0.39 is 74.6 Å². The van der Waals surface area contributed by atoms with E-state index >= 15 is 0 Å². The molecule has 10 atom stereocenters. The molecule has 11 heteroatoms. The van der Waals surface area contributed by atoms with E-state index in [0.717, 1.165) is 0 Å². The van der Waals surface area contributed by atoms with Crippen LogP contribution in [0, 0.1) is 0 Å². The highest BCUT2D eigenvalue weighted by atomic mass is 16.7. The van der Waals surface area contributed by atoms with Gasteiger partial charge in [0.15, 0.2) is 12.6 Å². The summed E-state index contributed by atoms with van der Waals surface area (Å²) in [5, 5.41) is 76.1. The van der Waals surface area contributed by atoms with Crippen LogP contribution < -0.4 is 0 Å². The number of aliphatic hydroxyl groups excluding tert-OH is 8. The van der Waals surface area contributed by atoms with E-state index in [1.165, 1.54) is 0 Å². The van der Waals surface area contributed by atoms with Crippen LogP contribution in [0.1, 0.15) is 0 Å². The highest BCUT2D eigenvalue weighted by Crippen LogP contribution is 2.24. The number of aliphatic hydroxyl groups is 8. The van der Waals surface area contributed by atoms with Crippen molar-refractivity contribution in [2.45, 2.75) is 61.4 Å². The first-order valence-electron chi connectivity index (χ1n) is 7.07. The molecular weight excluding hydrogens is 320 g/mol. The topological polar surface area (TPSA) is 190 Å². The fourth-order valence-electron chi connectivity index (χ4n) is 2.46. The summed E-state index contributed by atoms with van der Waals surface area (Å²) in [6.07, 6.45) is -15.3. The Balaban J connectivity index is 1.94. The molecule has 0 aromatic rings. The van der Waals surface area contributed by atoms with Gasteiger partial charge in [0.1, 0.15) is 48.8 Å². The zero-order chi connectivity index (χ0) is 17.3. The molecule has 0 spiro atoms. The zero-order valence-corrected chi connectivity index (χ0v) is 12.0. The van der Waals surface area contributed by atoms with E-state index in [-0.39, 0.29) is 0 Å². The molecule has 0 radical (unpaired) electrons. The molecule has 2 aliphatic heterocycles. The van der Waals surface area contributed by atoms with Crippen molar-refractivity contribution in [3.63, 3.8) is 0 Å². The van der Waals surface area contributed by atoms with Crippen LogP contribution in [0.4, 0.5) is 0 Å². The lowest BCUT2D eigenvalue weighted by atomic mass is 9.98. The molecule has 23 heavy (non-hydrogen) atoms. The van der Waals surface area contributed by atoms with Crippen LogP contribution in [0.5, 0.6) is 0 Å². The Hall–Kier alpha value is -0.440.